The molecule has 2 nitrogen and oxygen atoms in total. The summed E-state index contributed by atoms with van der Waals surface area (Å²) >= 11 is 0. The molecule has 0 bridgehead atoms. The Hall–Kier alpha value is -0.500. The van der Waals surface area contributed by atoms with Gasteiger partial charge in [0.15, 0.2) is 0 Å². The summed E-state index contributed by atoms with van der Waals surface area (Å²) in [4.78, 5) is 0. The van der Waals surface area contributed by atoms with Crippen LogP contribution in [0.25, 0.3) is 0 Å². The molecule has 17 heavy (non-hydrogen) atoms. The van der Waals surface area contributed by atoms with Crippen molar-refractivity contribution in [2.75, 3.05) is 6.61 Å². The van der Waals surface area contributed by atoms with Gasteiger partial charge in [0.25, 0.3) is 0 Å². The van der Waals surface area contributed by atoms with Gasteiger partial charge in [-0.05, 0) is 42.1 Å². The van der Waals surface area contributed by atoms with E-state index in [9.17, 15) is 5.11 Å². The minimum absolute atomic E-state index is 0.191. The number of hydrogen-bond donors (Lipinski definition) is 1. The average molecular weight is 236 g/mol. The fourth-order valence-electron chi connectivity index (χ4n) is 4.82. The molecule has 0 unspecified atom stereocenters. The van der Waals surface area contributed by atoms with Gasteiger partial charge in [0.1, 0.15) is 11.9 Å². The van der Waals surface area contributed by atoms with Crippen LogP contribution in [-0.4, -0.2) is 17.8 Å². The number of aliphatic hydroxyl groups excluding tert-OH is 1. The molecule has 2 heteroatoms. The molecule has 0 radical (unpaired) electrons. The van der Waals surface area contributed by atoms with Gasteiger partial charge in [-0.25, -0.2) is 0 Å². The lowest BCUT2D eigenvalue weighted by Gasteiger charge is -2.49. The topological polar surface area (TPSA) is 29.5 Å². The maximum Gasteiger partial charge on any atom is 0.125 e. The third-order valence-corrected chi connectivity index (χ3v) is 5.45. The van der Waals surface area contributed by atoms with Crippen LogP contribution < -0.4 is 0 Å². The SMILES string of the molecule is CC1(C)CCC[C@@]2(C)C3=C(OCCC3)[C@H](O)[C@@H]12. The van der Waals surface area contributed by atoms with Crippen LogP contribution in [0.1, 0.15) is 52.9 Å². The highest BCUT2D eigenvalue weighted by Crippen LogP contribution is 2.62. The van der Waals surface area contributed by atoms with Crippen LogP contribution >= 0.6 is 0 Å². The Morgan fingerprint density at radius 1 is 1.18 bits per heavy atom. The van der Waals surface area contributed by atoms with Gasteiger partial charge < -0.3 is 9.84 Å². The number of allylic oxidation sites excluding steroid dienone is 1. The first-order valence-electron chi connectivity index (χ1n) is 7.01. The molecule has 0 spiro atoms. The van der Waals surface area contributed by atoms with E-state index in [1.807, 2.05) is 0 Å². The van der Waals surface area contributed by atoms with E-state index in [0.717, 1.165) is 25.2 Å². The molecule has 0 aromatic carbocycles. The van der Waals surface area contributed by atoms with Crippen molar-refractivity contribution >= 4 is 0 Å². The first-order valence-corrected chi connectivity index (χ1v) is 7.01. The van der Waals surface area contributed by atoms with Crippen LogP contribution in [0.4, 0.5) is 0 Å². The Kier molecular flexibility index (Phi) is 2.39. The molecular formula is C15H24O2. The second-order valence-electron chi connectivity index (χ2n) is 6.98. The lowest BCUT2D eigenvalue weighted by molar-refractivity contribution is -0.0410. The van der Waals surface area contributed by atoms with Crippen LogP contribution in [0.3, 0.4) is 0 Å². The van der Waals surface area contributed by atoms with Crippen LogP contribution in [0, 0.1) is 16.7 Å². The number of aliphatic hydroxyl groups is 1. The van der Waals surface area contributed by atoms with Crippen molar-refractivity contribution < 1.29 is 9.84 Å². The lowest BCUT2D eigenvalue weighted by Crippen LogP contribution is -2.45. The standard InChI is InChI=1S/C15H24O2/c1-14(2)7-5-8-15(3)10-6-4-9-17-12(10)11(16)13(14)15/h11,13,16H,4-9H2,1-3H3/t11-,13-,15-/m0/s1. The zero-order chi connectivity index (χ0) is 12.3. The van der Waals surface area contributed by atoms with Crippen molar-refractivity contribution in [1.29, 1.82) is 0 Å². The van der Waals surface area contributed by atoms with Gasteiger partial charge >= 0.3 is 0 Å². The molecule has 0 aromatic heterocycles. The van der Waals surface area contributed by atoms with Crippen molar-refractivity contribution in [2.24, 2.45) is 16.7 Å². The number of fused-ring (bicyclic) bond motifs is 2. The number of ether oxygens (including phenoxy) is 1. The van der Waals surface area contributed by atoms with E-state index < -0.39 is 0 Å². The molecule has 96 valence electrons. The van der Waals surface area contributed by atoms with Crippen molar-refractivity contribution in [1.82, 2.24) is 0 Å². The maximum absolute atomic E-state index is 10.6. The predicted molar refractivity (Wildman–Crippen MR) is 67.4 cm³/mol. The summed E-state index contributed by atoms with van der Waals surface area (Å²) < 4.78 is 5.79. The number of rotatable bonds is 0. The summed E-state index contributed by atoms with van der Waals surface area (Å²) in [5.74, 6) is 1.30. The Morgan fingerprint density at radius 3 is 2.71 bits per heavy atom. The summed E-state index contributed by atoms with van der Waals surface area (Å²) in [6.45, 7) is 7.78. The third-order valence-electron chi connectivity index (χ3n) is 5.45. The summed E-state index contributed by atoms with van der Waals surface area (Å²) in [6, 6.07) is 0. The molecule has 0 aromatic rings. The molecule has 3 aliphatic rings. The highest BCUT2D eigenvalue weighted by Gasteiger charge is 2.58. The second-order valence-corrected chi connectivity index (χ2v) is 6.98. The average Bonchev–Trinajstić information content (AvgIpc) is 2.50. The molecule has 3 rings (SSSR count). The van der Waals surface area contributed by atoms with Gasteiger partial charge in [-0.2, -0.15) is 0 Å². The summed E-state index contributed by atoms with van der Waals surface area (Å²) in [7, 11) is 0. The van der Waals surface area contributed by atoms with Crippen LogP contribution in [0.5, 0.6) is 0 Å². The Morgan fingerprint density at radius 2 is 1.94 bits per heavy atom. The van der Waals surface area contributed by atoms with Gasteiger partial charge in [0.05, 0.1) is 6.61 Å². The normalized spacial score (nSPS) is 44.0. The first-order chi connectivity index (χ1) is 7.97. The Bertz CT molecular complexity index is 369. The molecule has 1 heterocycles. The fourth-order valence-corrected chi connectivity index (χ4v) is 4.82. The van der Waals surface area contributed by atoms with Crippen LogP contribution in [0.15, 0.2) is 11.3 Å². The molecule has 1 aliphatic heterocycles. The van der Waals surface area contributed by atoms with Gasteiger partial charge in [0.2, 0.25) is 0 Å². The summed E-state index contributed by atoms with van der Waals surface area (Å²) in [5.41, 5.74) is 1.86. The maximum atomic E-state index is 10.6. The molecular weight excluding hydrogens is 212 g/mol. The van der Waals surface area contributed by atoms with Crippen LogP contribution in [-0.2, 0) is 4.74 Å². The quantitative estimate of drug-likeness (QED) is 0.699. The molecule has 2 aliphatic carbocycles. The van der Waals surface area contributed by atoms with Crippen molar-refractivity contribution in [3.63, 3.8) is 0 Å². The first kappa shape index (κ1) is 11.6. The second kappa shape index (κ2) is 3.50. The Balaban J connectivity index is 2.06. The molecule has 1 fully saturated rings. The highest BCUT2D eigenvalue weighted by atomic mass is 16.5. The minimum Gasteiger partial charge on any atom is -0.495 e. The van der Waals surface area contributed by atoms with E-state index in [0.29, 0.717) is 5.92 Å². The monoisotopic (exact) mass is 236 g/mol. The van der Waals surface area contributed by atoms with Gasteiger partial charge in [-0.15, -0.1) is 0 Å². The third kappa shape index (κ3) is 1.43. The van der Waals surface area contributed by atoms with Gasteiger partial charge in [-0.3, -0.25) is 0 Å². The van der Waals surface area contributed by atoms with E-state index in [1.165, 1.54) is 24.8 Å². The summed E-state index contributed by atoms with van der Waals surface area (Å²) in [5, 5.41) is 10.6. The molecule has 0 amide bonds. The lowest BCUT2D eigenvalue weighted by atomic mass is 9.55. The smallest absolute Gasteiger partial charge is 0.125 e. The van der Waals surface area contributed by atoms with E-state index in [4.69, 9.17) is 4.74 Å². The van der Waals surface area contributed by atoms with E-state index in [1.54, 1.807) is 0 Å². The highest BCUT2D eigenvalue weighted by molar-refractivity contribution is 5.33. The largest absolute Gasteiger partial charge is 0.495 e. The van der Waals surface area contributed by atoms with E-state index in [2.05, 4.69) is 20.8 Å². The zero-order valence-corrected chi connectivity index (χ0v) is 11.3. The van der Waals surface area contributed by atoms with E-state index >= 15 is 0 Å². The predicted octanol–water partition coefficient (Wildman–Crippen LogP) is 3.26. The zero-order valence-electron chi connectivity index (χ0n) is 11.3. The number of hydrogen-bond acceptors (Lipinski definition) is 2. The molecule has 0 saturated heterocycles. The molecule has 1 saturated carbocycles. The fraction of sp³-hybridized carbons (Fsp3) is 0.867. The summed E-state index contributed by atoms with van der Waals surface area (Å²) in [6.07, 6.45) is 5.63. The Labute approximate surface area is 104 Å². The molecule has 3 atom stereocenters. The van der Waals surface area contributed by atoms with Gasteiger partial charge in [0, 0.05) is 5.92 Å². The van der Waals surface area contributed by atoms with Crippen LogP contribution in [0.2, 0.25) is 0 Å². The minimum atomic E-state index is -0.356. The molecule has 1 N–H and O–H groups in total. The van der Waals surface area contributed by atoms with Crippen molar-refractivity contribution in [3.05, 3.63) is 11.3 Å². The van der Waals surface area contributed by atoms with Crippen molar-refractivity contribution in [2.45, 2.75) is 59.0 Å². The van der Waals surface area contributed by atoms with E-state index in [-0.39, 0.29) is 16.9 Å². The van der Waals surface area contributed by atoms with Crippen molar-refractivity contribution in [3.8, 4) is 0 Å². The van der Waals surface area contributed by atoms with Gasteiger partial charge in [-0.1, -0.05) is 27.2 Å².